The Morgan fingerprint density at radius 2 is 2.15 bits per heavy atom. The van der Waals surface area contributed by atoms with Crippen LogP contribution in [0, 0.1) is 5.92 Å². The number of nitrogens with one attached hydrogen (secondary N) is 1. The summed E-state index contributed by atoms with van der Waals surface area (Å²) in [4.78, 5) is 6.49. The summed E-state index contributed by atoms with van der Waals surface area (Å²) < 4.78 is 0. The van der Waals surface area contributed by atoms with Crippen molar-refractivity contribution in [1.29, 1.82) is 0 Å². The van der Waals surface area contributed by atoms with Gasteiger partial charge < -0.3 is 5.32 Å². The van der Waals surface area contributed by atoms with Gasteiger partial charge in [0, 0.05) is 23.4 Å². The molecule has 1 N–H and O–H groups in total. The van der Waals surface area contributed by atoms with Crippen LogP contribution in [0.15, 0.2) is 0 Å². The van der Waals surface area contributed by atoms with Crippen LogP contribution >= 0.6 is 11.3 Å². The maximum atomic E-state index is 5.01. The molecule has 1 saturated carbocycles. The second kappa shape index (κ2) is 7.56. The van der Waals surface area contributed by atoms with E-state index in [1.165, 1.54) is 47.7 Å². The van der Waals surface area contributed by atoms with Gasteiger partial charge in [-0.2, -0.15) is 0 Å². The number of nitrogens with zero attached hydrogens (tertiary/aromatic N) is 1. The lowest BCUT2D eigenvalue weighted by Gasteiger charge is -2.24. The third kappa shape index (κ3) is 4.29. The van der Waals surface area contributed by atoms with Gasteiger partial charge in [0.15, 0.2) is 0 Å². The Labute approximate surface area is 128 Å². The zero-order valence-corrected chi connectivity index (χ0v) is 14.4. The van der Waals surface area contributed by atoms with Crippen LogP contribution in [-0.4, -0.2) is 11.0 Å². The van der Waals surface area contributed by atoms with Crippen LogP contribution in [0.1, 0.15) is 81.3 Å². The van der Waals surface area contributed by atoms with Gasteiger partial charge in [0.1, 0.15) is 0 Å². The maximum absolute atomic E-state index is 5.01. The van der Waals surface area contributed by atoms with Crippen molar-refractivity contribution in [3.63, 3.8) is 0 Å². The Kier molecular flexibility index (Phi) is 6.03. The number of aryl methyl sites for hydroxylation is 1. The summed E-state index contributed by atoms with van der Waals surface area (Å²) in [5.41, 5.74) is 1.36. The monoisotopic (exact) mass is 294 g/mol. The van der Waals surface area contributed by atoms with E-state index in [1.54, 1.807) is 0 Å². The van der Waals surface area contributed by atoms with Crippen molar-refractivity contribution in [2.24, 2.45) is 5.92 Å². The van der Waals surface area contributed by atoms with E-state index in [0.717, 1.165) is 24.8 Å². The number of rotatable bonds is 6. The summed E-state index contributed by atoms with van der Waals surface area (Å²) in [6.45, 7) is 10.1. The first-order valence-corrected chi connectivity index (χ1v) is 9.13. The summed E-state index contributed by atoms with van der Waals surface area (Å²) in [6.07, 6.45) is 7.81. The van der Waals surface area contributed by atoms with Crippen LogP contribution in [0.25, 0.3) is 0 Å². The average molecular weight is 295 g/mol. The van der Waals surface area contributed by atoms with Gasteiger partial charge in [0.25, 0.3) is 0 Å². The molecule has 0 aromatic carbocycles. The standard InChI is InChI=1S/C17H30N2S/c1-5-7-15-16(11-18-12(2)3)20-17(19-15)14-9-6-8-13(4)10-14/h12-14,18H,5-11H2,1-4H3. The first-order valence-electron chi connectivity index (χ1n) is 8.32. The van der Waals surface area contributed by atoms with E-state index in [-0.39, 0.29) is 0 Å². The molecule has 114 valence electrons. The minimum absolute atomic E-state index is 0.546. The first kappa shape index (κ1) is 16.0. The van der Waals surface area contributed by atoms with Gasteiger partial charge >= 0.3 is 0 Å². The molecular formula is C17H30N2S. The van der Waals surface area contributed by atoms with E-state index in [0.29, 0.717) is 6.04 Å². The molecule has 1 aromatic rings. The predicted molar refractivity (Wildman–Crippen MR) is 88.5 cm³/mol. The number of hydrogen-bond acceptors (Lipinski definition) is 3. The first-order chi connectivity index (χ1) is 9.60. The van der Waals surface area contributed by atoms with Crippen molar-refractivity contribution in [2.75, 3.05) is 0 Å². The molecular weight excluding hydrogens is 264 g/mol. The highest BCUT2D eigenvalue weighted by atomic mass is 32.1. The van der Waals surface area contributed by atoms with Gasteiger partial charge in [-0.15, -0.1) is 11.3 Å². The van der Waals surface area contributed by atoms with Crippen molar-refractivity contribution >= 4 is 11.3 Å². The molecule has 0 aliphatic heterocycles. The number of aromatic nitrogens is 1. The second-order valence-corrected chi connectivity index (χ2v) is 7.79. The Hall–Kier alpha value is -0.410. The van der Waals surface area contributed by atoms with E-state index < -0.39 is 0 Å². The summed E-state index contributed by atoms with van der Waals surface area (Å²) in [7, 11) is 0. The fourth-order valence-corrected chi connectivity index (χ4v) is 4.31. The highest BCUT2D eigenvalue weighted by Crippen LogP contribution is 2.38. The Bertz CT molecular complexity index is 411. The number of thiazole rings is 1. The fraction of sp³-hybridized carbons (Fsp3) is 0.824. The SMILES string of the molecule is CCCc1nc(C2CCCC(C)C2)sc1CNC(C)C. The van der Waals surface area contributed by atoms with Crippen LogP contribution in [0.2, 0.25) is 0 Å². The highest BCUT2D eigenvalue weighted by Gasteiger charge is 2.24. The molecule has 1 aromatic heterocycles. The molecule has 0 amide bonds. The predicted octanol–water partition coefficient (Wildman–Crippen LogP) is 4.89. The second-order valence-electron chi connectivity index (χ2n) is 6.68. The molecule has 0 saturated heterocycles. The van der Waals surface area contributed by atoms with Crippen molar-refractivity contribution in [2.45, 2.75) is 84.7 Å². The van der Waals surface area contributed by atoms with Gasteiger partial charge in [-0.05, 0) is 25.2 Å². The molecule has 2 unspecified atom stereocenters. The lowest BCUT2D eigenvalue weighted by atomic mass is 9.83. The summed E-state index contributed by atoms with van der Waals surface area (Å²) in [5.74, 6) is 1.61. The van der Waals surface area contributed by atoms with Crippen molar-refractivity contribution in [3.05, 3.63) is 15.6 Å². The molecule has 20 heavy (non-hydrogen) atoms. The molecule has 2 atom stereocenters. The topological polar surface area (TPSA) is 24.9 Å². The van der Waals surface area contributed by atoms with E-state index in [2.05, 4.69) is 33.0 Å². The van der Waals surface area contributed by atoms with Crippen LogP contribution in [-0.2, 0) is 13.0 Å². The molecule has 1 aliphatic carbocycles. The zero-order valence-electron chi connectivity index (χ0n) is 13.5. The maximum Gasteiger partial charge on any atom is 0.0962 e. The minimum Gasteiger partial charge on any atom is -0.310 e. The molecule has 1 fully saturated rings. The van der Waals surface area contributed by atoms with Crippen molar-refractivity contribution < 1.29 is 0 Å². The Balaban J connectivity index is 2.10. The van der Waals surface area contributed by atoms with Crippen molar-refractivity contribution in [1.82, 2.24) is 10.3 Å². The van der Waals surface area contributed by atoms with Crippen LogP contribution in [0.4, 0.5) is 0 Å². The van der Waals surface area contributed by atoms with Gasteiger partial charge in [-0.3, -0.25) is 0 Å². The largest absolute Gasteiger partial charge is 0.310 e. The number of hydrogen-bond donors (Lipinski definition) is 1. The van der Waals surface area contributed by atoms with Gasteiger partial charge in [0.2, 0.25) is 0 Å². The molecule has 2 nitrogen and oxygen atoms in total. The van der Waals surface area contributed by atoms with Gasteiger partial charge in [-0.1, -0.05) is 47.0 Å². The molecule has 1 heterocycles. The average Bonchev–Trinajstić information content (AvgIpc) is 2.80. The third-order valence-electron chi connectivity index (χ3n) is 4.24. The smallest absolute Gasteiger partial charge is 0.0962 e. The van der Waals surface area contributed by atoms with E-state index >= 15 is 0 Å². The summed E-state index contributed by atoms with van der Waals surface area (Å²) in [5, 5.41) is 4.97. The highest BCUT2D eigenvalue weighted by molar-refractivity contribution is 7.11. The normalized spacial score (nSPS) is 23.4. The van der Waals surface area contributed by atoms with Gasteiger partial charge in [-0.25, -0.2) is 4.98 Å². The lowest BCUT2D eigenvalue weighted by Crippen LogP contribution is -2.21. The van der Waals surface area contributed by atoms with E-state index in [4.69, 9.17) is 4.98 Å². The summed E-state index contributed by atoms with van der Waals surface area (Å²) >= 11 is 1.98. The molecule has 0 spiro atoms. The minimum atomic E-state index is 0.546. The molecule has 0 radical (unpaired) electrons. The van der Waals surface area contributed by atoms with Crippen LogP contribution in [0.5, 0.6) is 0 Å². The fourth-order valence-electron chi connectivity index (χ4n) is 3.10. The zero-order chi connectivity index (χ0) is 14.5. The third-order valence-corrected chi connectivity index (χ3v) is 5.50. The van der Waals surface area contributed by atoms with Crippen LogP contribution in [0.3, 0.4) is 0 Å². The quantitative estimate of drug-likeness (QED) is 0.808. The van der Waals surface area contributed by atoms with Crippen LogP contribution < -0.4 is 5.32 Å². The lowest BCUT2D eigenvalue weighted by molar-refractivity contribution is 0.343. The van der Waals surface area contributed by atoms with Crippen molar-refractivity contribution in [3.8, 4) is 0 Å². The molecule has 1 aliphatic rings. The summed E-state index contributed by atoms with van der Waals surface area (Å²) in [6, 6.07) is 0.546. The van der Waals surface area contributed by atoms with E-state index in [9.17, 15) is 0 Å². The molecule has 2 rings (SSSR count). The Morgan fingerprint density at radius 3 is 2.80 bits per heavy atom. The van der Waals surface area contributed by atoms with E-state index in [1.807, 2.05) is 11.3 Å². The Morgan fingerprint density at radius 1 is 1.35 bits per heavy atom. The van der Waals surface area contributed by atoms with Gasteiger partial charge in [0.05, 0.1) is 10.7 Å². The molecule has 3 heteroatoms. The molecule has 0 bridgehead atoms.